The first-order valence-electron chi connectivity index (χ1n) is 5.27. The highest BCUT2D eigenvalue weighted by atomic mass is 32.1. The Bertz CT molecular complexity index is 508. The second kappa shape index (κ2) is 5.01. The molecule has 5 nitrogen and oxygen atoms in total. The van der Waals surface area contributed by atoms with E-state index in [1.807, 2.05) is 6.07 Å². The summed E-state index contributed by atoms with van der Waals surface area (Å²) in [6, 6.07) is 1.83. The topological polar surface area (TPSA) is 75.9 Å². The summed E-state index contributed by atoms with van der Waals surface area (Å²) in [5, 5.41) is 10.4. The third kappa shape index (κ3) is 2.85. The van der Waals surface area contributed by atoms with Crippen LogP contribution in [0.15, 0.2) is 16.8 Å². The third-order valence-electron chi connectivity index (χ3n) is 2.42. The average molecular weight is 249 g/mol. The Balaban J connectivity index is 2.09. The van der Waals surface area contributed by atoms with Crippen LogP contribution in [0.3, 0.4) is 0 Å². The molecule has 2 heterocycles. The van der Waals surface area contributed by atoms with Crippen molar-refractivity contribution in [3.8, 4) is 0 Å². The molecule has 0 aromatic carbocycles. The number of nitrogens with two attached hydrogens (primary N) is 1. The van der Waals surface area contributed by atoms with Crippen LogP contribution >= 0.6 is 11.3 Å². The van der Waals surface area contributed by atoms with Crippen LogP contribution in [0.2, 0.25) is 0 Å². The summed E-state index contributed by atoms with van der Waals surface area (Å²) in [7, 11) is 1.80. The van der Waals surface area contributed by atoms with Crippen LogP contribution < -0.4 is 16.4 Å². The zero-order valence-corrected chi connectivity index (χ0v) is 10.6. The summed E-state index contributed by atoms with van der Waals surface area (Å²) in [5.74, 6) is 1.70. The molecule has 0 atom stereocenters. The van der Waals surface area contributed by atoms with E-state index in [2.05, 4.69) is 38.3 Å². The summed E-state index contributed by atoms with van der Waals surface area (Å²) in [6.07, 6.45) is 0. The predicted molar refractivity (Wildman–Crippen MR) is 72.4 cm³/mol. The number of nitrogens with zero attached hydrogens (tertiary/aromatic N) is 2. The molecule has 0 aliphatic rings. The molecule has 2 aromatic rings. The van der Waals surface area contributed by atoms with Gasteiger partial charge >= 0.3 is 0 Å². The minimum atomic E-state index is 0.265. The molecular weight excluding hydrogens is 234 g/mol. The maximum atomic E-state index is 5.61. The Morgan fingerprint density at radius 3 is 2.71 bits per heavy atom. The molecule has 4 N–H and O–H groups in total. The van der Waals surface area contributed by atoms with E-state index in [1.54, 1.807) is 18.4 Å². The van der Waals surface area contributed by atoms with Crippen molar-refractivity contribution in [1.82, 2.24) is 9.97 Å². The number of anilines is 3. The van der Waals surface area contributed by atoms with Gasteiger partial charge < -0.3 is 16.4 Å². The fraction of sp³-hybridized carbons (Fsp3) is 0.273. The molecule has 0 saturated heterocycles. The molecule has 6 heteroatoms. The van der Waals surface area contributed by atoms with Crippen LogP contribution in [0.4, 0.5) is 17.6 Å². The molecule has 0 saturated carbocycles. The van der Waals surface area contributed by atoms with E-state index in [9.17, 15) is 0 Å². The second-order valence-electron chi connectivity index (χ2n) is 3.68. The van der Waals surface area contributed by atoms with Crippen molar-refractivity contribution in [1.29, 1.82) is 0 Å². The molecule has 0 amide bonds. The lowest BCUT2D eigenvalue weighted by molar-refractivity contribution is 1.08. The number of nitrogen functional groups attached to an aromatic ring is 1. The van der Waals surface area contributed by atoms with E-state index < -0.39 is 0 Å². The minimum absolute atomic E-state index is 0.265. The Hall–Kier alpha value is -1.82. The maximum Gasteiger partial charge on any atom is 0.223 e. The monoisotopic (exact) mass is 249 g/mol. The third-order valence-corrected chi connectivity index (χ3v) is 3.33. The van der Waals surface area contributed by atoms with Gasteiger partial charge in [-0.25, -0.2) is 0 Å². The van der Waals surface area contributed by atoms with Crippen LogP contribution in [-0.2, 0) is 6.54 Å². The molecule has 0 fully saturated rings. The van der Waals surface area contributed by atoms with Gasteiger partial charge in [0, 0.05) is 19.7 Å². The van der Waals surface area contributed by atoms with Gasteiger partial charge in [0.05, 0.1) is 0 Å². The highest BCUT2D eigenvalue weighted by Crippen LogP contribution is 2.17. The summed E-state index contributed by atoms with van der Waals surface area (Å²) in [4.78, 5) is 8.16. The van der Waals surface area contributed by atoms with Crippen molar-refractivity contribution in [2.24, 2.45) is 0 Å². The molecule has 0 aliphatic carbocycles. The Kier molecular flexibility index (Phi) is 3.43. The number of nitrogens with one attached hydrogen (secondary N) is 2. The van der Waals surface area contributed by atoms with Gasteiger partial charge in [-0.3, -0.25) is 0 Å². The van der Waals surface area contributed by atoms with Gasteiger partial charge in [0.2, 0.25) is 5.95 Å². The zero-order chi connectivity index (χ0) is 12.3. The zero-order valence-electron chi connectivity index (χ0n) is 9.82. The van der Waals surface area contributed by atoms with Gasteiger partial charge in [-0.1, -0.05) is 0 Å². The fourth-order valence-electron chi connectivity index (χ4n) is 1.44. The van der Waals surface area contributed by atoms with E-state index in [0.717, 1.165) is 12.4 Å². The Labute approximate surface area is 104 Å². The molecule has 0 spiro atoms. The molecule has 17 heavy (non-hydrogen) atoms. The van der Waals surface area contributed by atoms with E-state index >= 15 is 0 Å². The van der Waals surface area contributed by atoms with Crippen molar-refractivity contribution in [2.75, 3.05) is 23.4 Å². The molecular formula is C11H15N5S. The van der Waals surface area contributed by atoms with Gasteiger partial charge in [-0.05, 0) is 28.8 Å². The van der Waals surface area contributed by atoms with Crippen molar-refractivity contribution in [3.05, 3.63) is 28.0 Å². The van der Waals surface area contributed by atoms with Crippen LogP contribution in [0.5, 0.6) is 0 Å². The van der Waals surface area contributed by atoms with Crippen molar-refractivity contribution >= 4 is 28.9 Å². The Morgan fingerprint density at radius 2 is 2.06 bits per heavy atom. The van der Waals surface area contributed by atoms with Crippen LogP contribution in [0, 0.1) is 6.92 Å². The quantitative estimate of drug-likeness (QED) is 0.773. The highest BCUT2D eigenvalue weighted by Gasteiger charge is 2.03. The largest absolute Gasteiger partial charge is 0.373 e. The van der Waals surface area contributed by atoms with Gasteiger partial charge in [-0.15, -0.1) is 0 Å². The Morgan fingerprint density at radius 1 is 1.29 bits per heavy atom. The van der Waals surface area contributed by atoms with E-state index in [4.69, 9.17) is 5.73 Å². The SMILES string of the molecule is CNc1cc(NCc2cscc2C)nc(N)n1. The van der Waals surface area contributed by atoms with E-state index in [1.165, 1.54) is 11.1 Å². The average Bonchev–Trinajstić information content (AvgIpc) is 2.71. The number of aryl methyl sites for hydroxylation is 1. The first-order valence-corrected chi connectivity index (χ1v) is 6.21. The summed E-state index contributed by atoms with van der Waals surface area (Å²) < 4.78 is 0. The molecule has 2 aromatic heterocycles. The summed E-state index contributed by atoms with van der Waals surface area (Å²) in [5.41, 5.74) is 8.18. The minimum Gasteiger partial charge on any atom is -0.373 e. The molecule has 0 aliphatic heterocycles. The summed E-state index contributed by atoms with van der Waals surface area (Å²) >= 11 is 1.70. The number of aromatic nitrogens is 2. The van der Waals surface area contributed by atoms with Crippen LogP contribution in [0.25, 0.3) is 0 Å². The standard InChI is InChI=1S/C11H15N5S/c1-7-5-17-6-8(7)4-14-10-3-9(13-2)15-11(12)16-10/h3,5-6H,4H2,1-2H3,(H4,12,13,14,15,16). The maximum absolute atomic E-state index is 5.61. The highest BCUT2D eigenvalue weighted by molar-refractivity contribution is 7.08. The first-order chi connectivity index (χ1) is 8.19. The lowest BCUT2D eigenvalue weighted by Gasteiger charge is -2.07. The second-order valence-corrected chi connectivity index (χ2v) is 4.42. The molecule has 0 bridgehead atoms. The fourth-order valence-corrected chi connectivity index (χ4v) is 2.30. The molecule has 2 rings (SSSR count). The van der Waals surface area contributed by atoms with Gasteiger partial charge in [0.1, 0.15) is 11.6 Å². The van der Waals surface area contributed by atoms with Gasteiger partial charge in [-0.2, -0.15) is 21.3 Å². The lowest BCUT2D eigenvalue weighted by Crippen LogP contribution is -2.06. The molecule has 90 valence electrons. The predicted octanol–water partition coefficient (Wildman–Crippen LogP) is 2.08. The smallest absolute Gasteiger partial charge is 0.223 e. The normalized spacial score (nSPS) is 10.2. The lowest BCUT2D eigenvalue weighted by atomic mass is 10.2. The van der Waals surface area contributed by atoms with Crippen LogP contribution in [-0.4, -0.2) is 17.0 Å². The molecule has 0 radical (unpaired) electrons. The number of rotatable bonds is 4. The summed E-state index contributed by atoms with van der Waals surface area (Å²) in [6.45, 7) is 2.84. The number of hydrogen-bond donors (Lipinski definition) is 3. The van der Waals surface area contributed by atoms with E-state index in [-0.39, 0.29) is 5.95 Å². The van der Waals surface area contributed by atoms with Gasteiger partial charge in [0.25, 0.3) is 0 Å². The number of thiophene rings is 1. The molecule has 0 unspecified atom stereocenters. The van der Waals surface area contributed by atoms with Crippen LogP contribution in [0.1, 0.15) is 11.1 Å². The van der Waals surface area contributed by atoms with E-state index in [0.29, 0.717) is 5.82 Å². The van der Waals surface area contributed by atoms with Crippen molar-refractivity contribution < 1.29 is 0 Å². The first kappa shape index (κ1) is 11.7. The van der Waals surface area contributed by atoms with Crippen molar-refractivity contribution in [2.45, 2.75) is 13.5 Å². The van der Waals surface area contributed by atoms with Crippen molar-refractivity contribution in [3.63, 3.8) is 0 Å². The van der Waals surface area contributed by atoms with Gasteiger partial charge in [0.15, 0.2) is 0 Å². The number of hydrogen-bond acceptors (Lipinski definition) is 6.